The molecule has 0 saturated carbocycles. The first-order chi connectivity index (χ1) is 6.03. The minimum Gasteiger partial charge on any atom is -0.413 e. The van der Waals surface area contributed by atoms with Gasteiger partial charge >= 0.3 is 6.95 Å². The summed E-state index contributed by atoms with van der Waals surface area (Å²) in [6.07, 6.45) is 0.729. The van der Waals surface area contributed by atoms with Crippen molar-refractivity contribution in [3.63, 3.8) is 0 Å². The predicted molar refractivity (Wildman–Crippen MR) is 52.1 cm³/mol. The molecule has 0 bridgehead atoms. The number of aryl methyl sites for hydroxylation is 1. The Labute approximate surface area is 81.6 Å². The van der Waals surface area contributed by atoms with Crippen molar-refractivity contribution in [2.45, 2.75) is 13.3 Å². The van der Waals surface area contributed by atoms with Crippen LogP contribution in [0.3, 0.4) is 0 Å². The minimum atomic E-state index is -3.96. The van der Waals surface area contributed by atoms with Gasteiger partial charge < -0.3 is 9.42 Å². The molecule has 72 valence electrons. The second-order valence-electron chi connectivity index (χ2n) is 2.50. The molecule has 0 amide bonds. The van der Waals surface area contributed by atoms with E-state index in [1.165, 1.54) is 0 Å². The van der Waals surface area contributed by atoms with Gasteiger partial charge in [0, 0.05) is 11.2 Å². The Morgan fingerprint density at radius 3 is 2.69 bits per heavy atom. The molecule has 0 aliphatic heterocycles. The quantitative estimate of drug-likeness (QED) is 0.797. The first kappa shape index (κ1) is 10.6. The molecule has 13 heavy (non-hydrogen) atoms. The second kappa shape index (κ2) is 4.14. The van der Waals surface area contributed by atoms with Gasteiger partial charge in [-0.3, -0.25) is 0 Å². The van der Waals surface area contributed by atoms with Crippen LogP contribution in [0.1, 0.15) is 12.5 Å². The van der Waals surface area contributed by atoms with E-state index in [2.05, 4.69) is 0 Å². The van der Waals surface area contributed by atoms with E-state index in [0.29, 0.717) is 5.75 Å². The van der Waals surface area contributed by atoms with E-state index in [9.17, 15) is 4.57 Å². The smallest absolute Gasteiger partial charge is 0.413 e. The molecule has 0 aliphatic carbocycles. The summed E-state index contributed by atoms with van der Waals surface area (Å²) in [5.74, 6) is 0.367. The maximum absolute atomic E-state index is 10.8. The zero-order chi connectivity index (χ0) is 9.90. The third-order valence-corrected chi connectivity index (χ3v) is 2.19. The Hall–Kier alpha value is -0.500. The van der Waals surface area contributed by atoms with Crippen molar-refractivity contribution in [3.05, 3.63) is 29.8 Å². The molecular formula is C8H10ClO3P. The molecule has 3 nitrogen and oxygen atoms in total. The Bertz CT molecular complexity index is 334. The molecule has 0 saturated heterocycles. The average molecular weight is 221 g/mol. The second-order valence-corrected chi connectivity index (χ2v) is 4.87. The van der Waals surface area contributed by atoms with Gasteiger partial charge in [0.25, 0.3) is 0 Å². The molecule has 0 spiro atoms. The van der Waals surface area contributed by atoms with Crippen molar-refractivity contribution in [3.8, 4) is 5.75 Å². The van der Waals surface area contributed by atoms with Crippen molar-refractivity contribution in [2.24, 2.45) is 0 Å². The molecule has 0 heterocycles. The van der Waals surface area contributed by atoms with Gasteiger partial charge in [0.15, 0.2) is 0 Å². The first-order valence-electron chi connectivity index (χ1n) is 3.83. The molecule has 0 radical (unpaired) electrons. The molecular weight excluding hydrogens is 211 g/mol. The molecule has 0 aromatic heterocycles. The van der Waals surface area contributed by atoms with E-state index in [-0.39, 0.29) is 0 Å². The summed E-state index contributed by atoms with van der Waals surface area (Å²) in [5.41, 5.74) is 0.859. The van der Waals surface area contributed by atoms with Crippen molar-refractivity contribution in [1.29, 1.82) is 0 Å². The van der Waals surface area contributed by atoms with Crippen LogP contribution in [-0.4, -0.2) is 4.89 Å². The summed E-state index contributed by atoms with van der Waals surface area (Å²) in [4.78, 5) is 8.79. The van der Waals surface area contributed by atoms with Gasteiger partial charge in [-0.05, 0) is 18.1 Å². The highest BCUT2D eigenvalue weighted by Crippen LogP contribution is 2.48. The van der Waals surface area contributed by atoms with E-state index in [1.54, 1.807) is 12.1 Å². The van der Waals surface area contributed by atoms with Crippen LogP contribution >= 0.6 is 18.2 Å². The van der Waals surface area contributed by atoms with Gasteiger partial charge in [0.1, 0.15) is 5.75 Å². The topological polar surface area (TPSA) is 46.5 Å². The summed E-state index contributed by atoms with van der Waals surface area (Å²) in [5, 5.41) is 0. The average Bonchev–Trinajstić information content (AvgIpc) is 2.02. The van der Waals surface area contributed by atoms with Crippen molar-refractivity contribution in [1.82, 2.24) is 0 Å². The van der Waals surface area contributed by atoms with Crippen molar-refractivity contribution >= 4 is 18.2 Å². The lowest BCUT2D eigenvalue weighted by Crippen LogP contribution is -1.90. The summed E-state index contributed by atoms with van der Waals surface area (Å²) >= 11 is 5.09. The van der Waals surface area contributed by atoms with Crippen LogP contribution in [0.2, 0.25) is 0 Å². The molecule has 1 unspecified atom stereocenters. The largest absolute Gasteiger partial charge is 0.474 e. The number of halogens is 1. The Balaban J connectivity index is 2.94. The summed E-state index contributed by atoms with van der Waals surface area (Å²) < 4.78 is 15.5. The third-order valence-electron chi connectivity index (χ3n) is 1.56. The monoisotopic (exact) mass is 220 g/mol. The molecule has 1 aromatic rings. The molecule has 1 rings (SSSR count). The predicted octanol–water partition coefficient (Wildman–Crippen LogP) is 2.97. The Morgan fingerprint density at radius 1 is 1.54 bits per heavy atom. The van der Waals surface area contributed by atoms with Crippen molar-refractivity contribution in [2.75, 3.05) is 0 Å². The van der Waals surface area contributed by atoms with E-state index in [4.69, 9.17) is 20.7 Å². The lowest BCUT2D eigenvalue weighted by Gasteiger charge is -2.09. The van der Waals surface area contributed by atoms with Crippen LogP contribution in [0.25, 0.3) is 0 Å². The SMILES string of the molecule is CCc1ccccc1OP(=O)(O)Cl. The number of hydrogen-bond acceptors (Lipinski definition) is 2. The van der Waals surface area contributed by atoms with Crippen LogP contribution in [0.5, 0.6) is 5.75 Å². The van der Waals surface area contributed by atoms with Gasteiger partial charge in [-0.2, -0.15) is 0 Å². The molecule has 0 aliphatic rings. The molecule has 1 N–H and O–H groups in total. The van der Waals surface area contributed by atoms with E-state index >= 15 is 0 Å². The van der Waals surface area contributed by atoms with Crippen LogP contribution in [0, 0.1) is 0 Å². The Morgan fingerprint density at radius 2 is 2.15 bits per heavy atom. The molecule has 1 aromatic carbocycles. The number of benzene rings is 1. The lowest BCUT2D eigenvalue weighted by molar-refractivity contribution is 0.399. The molecule has 0 fully saturated rings. The van der Waals surface area contributed by atoms with Crippen LogP contribution in [0.4, 0.5) is 0 Å². The van der Waals surface area contributed by atoms with Gasteiger partial charge in [0.05, 0.1) is 0 Å². The van der Waals surface area contributed by atoms with E-state index in [0.717, 1.165) is 12.0 Å². The van der Waals surface area contributed by atoms with E-state index < -0.39 is 6.95 Å². The third kappa shape index (κ3) is 3.39. The lowest BCUT2D eigenvalue weighted by atomic mass is 10.1. The van der Waals surface area contributed by atoms with Gasteiger partial charge in [-0.15, -0.1) is 0 Å². The van der Waals surface area contributed by atoms with Gasteiger partial charge in [-0.1, -0.05) is 25.1 Å². The van der Waals surface area contributed by atoms with Crippen LogP contribution < -0.4 is 4.52 Å². The fourth-order valence-electron chi connectivity index (χ4n) is 1.01. The number of rotatable bonds is 3. The zero-order valence-corrected chi connectivity index (χ0v) is 8.76. The Kier molecular flexibility index (Phi) is 3.37. The number of hydrogen-bond donors (Lipinski definition) is 1. The zero-order valence-electron chi connectivity index (χ0n) is 7.11. The molecule has 1 atom stereocenters. The maximum Gasteiger partial charge on any atom is 0.474 e. The maximum atomic E-state index is 10.8. The summed E-state index contributed by atoms with van der Waals surface area (Å²) in [7, 11) is 0. The standard InChI is InChI=1S/C8H10ClO3P/c1-2-7-5-3-4-6-8(7)12-13(9,10)11/h3-6H,2H2,1H3,(H,10,11). The fourth-order valence-corrected chi connectivity index (χ4v) is 1.65. The summed E-state index contributed by atoms with van der Waals surface area (Å²) in [6.45, 7) is -2.03. The first-order valence-corrected chi connectivity index (χ1v) is 6.31. The highest BCUT2D eigenvalue weighted by atomic mass is 35.7. The van der Waals surface area contributed by atoms with Crippen molar-refractivity contribution < 1.29 is 14.0 Å². The van der Waals surface area contributed by atoms with Crippen LogP contribution in [-0.2, 0) is 11.0 Å². The van der Waals surface area contributed by atoms with E-state index in [1.807, 2.05) is 19.1 Å². The molecule has 5 heteroatoms. The fraction of sp³-hybridized carbons (Fsp3) is 0.250. The normalized spacial score (nSPS) is 15.0. The highest BCUT2D eigenvalue weighted by Gasteiger charge is 2.17. The summed E-state index contributed by atoms with van der Waals surface area (Å²) in [6, 6.07) is 7.00. The highest BCUT2D eigenvalue weighted by molar-refractivity contribution is 7.80. The van der Waals surface area contributed by atoms with Crippen LogP contribution in [0.15, 0.2) is 24.3 Å². The van der Waals surface area contributed by atoms with Gasteiger partial charge in [0.2, 0.25) is 0 Å². The number of para-hydroxylation sites is 1. The minimum absolute atomic E-state index is 0.367. The van der Waals surface area contributed by atoms with Gasteiger partial charge in [-0.25, -0.2) is 4.57 Å².